The van der Waals surface area contributed by atoms with Crippen LogP contribution in [0.5, 0.6) is 0 Å². The number of rotatable bonds is 3. The highest BCUT2D eigenvalue weighted by atomic mass is 16.7. The minimum absolute atomic E-state index is 0.0669. The molecule has 14 heavy (non-hydrogen) atoms. The molecule has 1 heterocycles. The van der Waals surface area contributed by atoms with Crippen molar-refractivity contribution in [2.45, 2.75) is 38.9 Å². The van der Waals surface area contributed by atoms with Gasteiger partial charge in [0.1, 0.15) is 6.29 Å². The van der Waals surface area contributed by atoms with E-state index in [4.69, 9.17) is 9.47 Å². The van der Waals surface area contributed by atoms with Crippen LogP contribution < -0.4 is 0 Å². The molecule has 1 saturated heterocycles. The zero-order chi connectivity index (χ0) is 10.0. The van der Waals surface area contributed by atoms with Crippen LogP contribution in [-0.4, -0.2) is 25.8 Å². The molecule has 0 aromatic heterocycles. The lowest BCUT2D eigenvalue weighted by molar-refractivity contribution is -0.143. The van der Waals surface area contributed by atoms with Gasteiger partial charge in [0.2, 0.25) is 0 Å². The van der Waals surface area contributed by atoms with E-state index in [-0.39, 0.29) is 11.7 Å². The molecule has 0 bridgehead atoms. The average Bonchev–Trinajstić information content (AvgIpc) is 2.77. The van der Waals surface area contributed by atoms with Crippen molar-refractivity contribution in [1.82, 2.24) is 0 Å². The van der Waals surface area contributed by atoms with Crippen molar-refractivity contribution in [3.8, 4) is 0 Å². The lowest BCUT2D eigenvalue weighted by Crippen LogP contribution is -2.36. The predicted molar refractivity (Wildman–Crippen MR) is 51.8 cm³/mol. The molecule has 0 amide bonds. The smallest absolute Gasteiger partial charge is 0.163 e. The molecule has 2 fully saturated rings. The number of hydrogen-bond acceptors (Lipinski definition) is 3. The molecule has 1 aliphatic carbocycles. The third kappa shape index (κ3) is 1.59. The Morgan fingerprint density at radius 3 is 2.79 bits per heavy atom. The molecule has 1 saturated carbocycles. The maximum Gasteiger partial charge on any atom is 0.163 e. The number of carbonyl (C=O) groups is 1. The van der Waals surface area contributed by atoms with Crippen LogP contribution in [0.25, 0.3) is 0 Å². The maximum atomic E-state index is 10.6. The van der Waals surface area contributed by atoms with Gasteiger partial charge in [-0.25, -0.2) is 0 Å². The zero-order valence-corrected chi connectivity index (χ0v) is 8.70. The minimum atomic E-state index is -0.0741. The van der Waals surface area contributed by atoms with E-state index in [0.717, 1.165) is 19.1 Å². The van der Waals surface area contributed by atoms with Gasteiger partial charge in [0.15, 0.2) is 6.29 Å². The van der Waals surface area contributed by atoms with Crippen LogP contribution in [0.4, 0.5) is 0 Å². The van der Waals surface area contributed by atoms with Gasteiger partial charge >= 0.3 is 0 Å². The second-order valence-electron chi connectivity index (χ2n) is 4.57. The second kappa shape index (κ2) is 3.99. The lowest BCUT2D eigenvalue weighted by atomic mass is 9.77. The SMILES string of the molecule is CC1(C2OCCO2)CCCC1CC=O. The van der Waals surface area contributed by atoms with E-state index in [2.05, 4.69) is 6.92 Å². The molecule has 2 unspecified atom stereocenters. The lowest BCUT2D eigenvalue weighted by Gasteiger charge is -2.34. The average molecular weight is 198 g/mol. The number of carbonyl (C=O) groups excluding carboxylic acids is 1. The first-order chi connectivity index (χ1) is 6.77. The van der Waals surface area contributed by atoms with Gasteiger partial charge in [-0.2, -0.15) is 0 Å². The summed E-state index contributed by atoms with van der Waals surface area (Å²) in [6.45, 7) is 3.60. The summed E-state index contributed by atoms with van der Waals surface area (Å²) >= 11 is 0. The van der Waals surface area contributed by atoms with Gasteiger partial charge in [-0.3, -0.25) is 0 Å². The highest BCUT2D eigenvalue weighted by molar-refractivity contribution is 5.50. The Balaban J connectivity index is 2.07. The summed E-state index contributed by atoms with van der Waals surface area (Å²) < 4.78 is 11.2. The summed E-state index contributed by atoms with van der Waals surface area (Å²) in [5.41, 5.74) is 0.0669. The summed E-state index contributed by atoms with van der Waals surface area (Å²) in [6, 6.07) is 0. The first-order valence-electron chi connectivity index (χ1n) is 5.44. The van der Waals surface area contributed by atoms with E-state index in [1.165, 1.54) is 6.42 Å². The summed E-state index contributed by atoms with van der Waals surface area (Å²) in [4.78, 5) is 10.6. The monoisotopic (exact) mass is 198 g/mol. The Kier molecular flexibility index (Phi) is 2.88. The van der Waals surface area contributed by atoms with E-state index < -0.39 is 0 Å². The first kappa shape index (κ1) is 10.1. The molecule has 0 spiro atoms. The van der Waals surface area contributed by atoms with E-state index in [1.54, 1.807) is 0 Å². The molecule has 2 aliphatic rings. The molecule has 2 rings (SSSR count). The van der Waals surface area contributed by atoms with Gasteiger partial charge in [0, 0.05) is 11.8 Å². The van der Waals surface area contributed by atoms with Crippen molar-refractivity contribution < 1.29 is 14.3 Å². The van der Waals surface area contributed by atoms with Crippen LogP contribution in [0, 0.1) is 11.3 Å². The molecule has 0 aromatic carbocycles. The van der Waals surface area contributed by atoms with Crippen LogP contribution in [0.15, 0.2) is 0 Å². The van der Waals surface area contributed by atoms with Crippen molar-refractivity contribution in [1.29, 1.82) is 0 Å². The van der Waals surface area contributed by atoms with E-state index in [1.807, 2.05) is 0 Å². The second-order valence-corrected chi connectivity index (χ2v) is 4.57. The molecule has 80 valence electrons. The largest absolute Gasteiger partial charge is 0.350 e. The Hall–Kier alpha value is -0.410. The van der Waals surface area contributed by atoms with Crippen LogP contribution >= 0.6 is 0 Å². The topological polar surface area (TPSA) is 35.5 Å². The van der Waals surface area contributed by atoms with Gasteiger partial charge in [0.05, 0.1) is 13.2 Å². The van der Waals surface area contributed by atoms with Gasteiger partial charge in [0.25, 0.3) is 0 Å². The summed E-state index contributed by atoms with van der Waals surface area (Å²) in [5, 5.41) is 0. The third-order valence-corrected chi connectivity index (χ3v) is 3.74. The normalized spacial score (nSPS) is 39.1. The molecule has 3 nitrogen and oxygen atoms in total. The molecular formula is C11H18O3. The van der Waals surface area contributed by atoms with Gasteiger partial charge < -0.3 is 14.3 Å². The molecule has 0 N–H and O–H groups in total. The van der Waals surface area contributed by atoms with E-state index in [9.17, 15) is 4.79 Å². The Morgan fingerprint density at radius 1 is 1.43 bits per heavy atom. The van der Waals surface area contributed by atoms with Crippen LogP contribution in [0.1, 0.15) is 32.6 Å². The molecule has 3 heteroatoms. The number of hydrogen-bond donors (Lipinski definition) is 0. The van der Waals surface area contributed by atoms with Crippen LogP contribution in [0.2, 0.25) is 0 Å². The molecule has 0 aromatic rings. The number of aldehydes is 1. The Labute approximate surface area is 84.8 Å². The van der Waals surface area contributed by atoms with Crippen LogP contribution in [0.3, 0.4) is 0 Å². The first-order valence-corrected chi connectivity index (χ1v) is 5.44. The molecule has 0 radical (unpaired) electrons. The van der Waals surface area contributed by atoms with Crippen molar-refractivity contribution >= 4 is 6.29 Å². The van der Waals surface area contributed by atoms with Crippen molar-refractivity contribution in [3.63, 3.8) is 0 Å². The quantitative estimate of drug-likeness (QED) is 0.648. The molecule has 1 aliphatic heterocycles. The van der Waals surface area contributed by atoms with Crippen molar-refractivity contribution in [2.75, 3.05) is 13.2 Å². The highest BCUT2D eigenvalue weighted by Gasteiger charge is 2.47. The minimum Gasteiger partial charge on any atom is -0.350 e. The fourth-order valence-corrected chi connectivity index (χ4v) is 2.82. The standard InChI is InChI=1S/C11H18O3/c1-11(10-13-7-8-14-10)5-2-3-9(11)4-6-12/h6,9-10H,2-5,7-8H2,1H3. The maximum absolute atomic E-state index is 10.6. The fraction of sp³-hybridized carbons (Fsp3) is 0.909. The van der Waals surface area contributed by atoms with Gasteiger partial charge in [-0.1, -0.05) is 13.3 Å². The molecule has 2 atom stereocenters. The van der Waals surface area contributed by atoms with E-state index in [0.29, 0.717) is 25.6 Å². The predicted octanol–water partition coefficient (Wildman–Crippen LogP) is 1.75. The van der Waals surface area contributed by atoms with Crippen molar-refractivity contribution in [2.24, 2.45) is 11.3 Å². The third-order valence-electron chi connectivity index (χ3n) is 3.74. The van der Waals surface area contributed by atoms with Gasteiger partial charge in [-0.15, -0.1) is 0 Å². The summed E-state index contributed by atoms with van der Waals surface area (Å²) in [6.07, 6.45) is 5.06. The van der Waals surface area contributed by atoms with Crippen LogP contribution in [-0.2, 0) is 14.3 Å². The highest BCUT2D eigenvalue weighted by Crippen LogP contribution is 2.49. The van der Waals surface area contributed by atoms with E-state index >= 15 is 0 Å². The zero-order valence-electron chi connectivity index (χ0n) is 8.70. The summed E-state index contributed by atoms with van der Waals surface area (Å²) in [5.74, 6) is 0.447. The van der Waals surface area contributed by atoms with Crippen molar-refractivity contribution in [3.05, 3.63) is 0 Å². The Bertz CT molecular complexity index is 211. The fourth-order valence-electron chi connectivity index (χ4n) is 2.82. The summed E-state index contributed by atoms with van der Waals surface area (Å²) in [7, 11) is 0. The van der Waals surface area contributed by atoms with Gasteiger partial charge in [-0.05, 0) is 18.8 Å². The molecular weight excluding hydrogens is 180 g/mol. The Morgan fingerprint density at radius 2 is 2.14 bits per heavy atom. The number of ether oxygens (including phenoxy) is 2.